The SMILES string of the molecule is C=C(C(=O)OC1C[C@@H]2[C@H]3O[C@H]3[C@H](C1)[N+]2(C)CC)c1ccccc1.[Br-]. The highest BCUT2D eigenvalue weighted by atomic mass is 79.9. The van der Waals surface area contributed by atoms with Gasteiger partial charge in [0, 0.05) is 12.8 Å². The van der Waals surface area contributed by atoms with Crippen molar-refractivity contribution in [1.82, 2.24) is 0 Å². The van der Waals surface area contributed by atoms with Crippen LogP contribution in [0.25, 0.3) is 5.57 Å². The largest absolute Gasteiger partial charge is 1.00 e. The van der Waals surface area contributed by atoms with E-state index in [1.165, 1.54) is 0 Å². The van der Waals surface area contributed by atoms with Gasteiger partial charge in [-0.05, 0) is 12.5 Å². The van der Waals surface area contributed by atoms with E-state index in [1.54, 1.807) is 0 Å². The van der Waals surface area contributed by atoms with Crippen molar-refractivity contribution in [1.29, 1.82) is 0 Å². The van der Waals surface area contributed by atoms with Crippen LogP contribution in [-0.2, 0) is 14.3 Å². The van der Waals surface area contributed by atoms with E-state index in [2.05, 4.69) is 20.6 Å². The number of esters is 1. The predicted octanol–water partition coefficient (Wildman–Crippen LogP) is -0.606. The molecular weight excluding hydrogens is 370 g/mol. The Kier molecular flexibility index (Phi) is 4.62. The summed E-state index contributed by atoms with van der Waals surface area (Å²) >= 11 is 0. The van der Waals surface area contributed by atoms with Gasteiger partial charge in [0.15, 0.2) is 0 Å². The number of hydrogen-bond donors (Lipinski definition) is 0. The fourth-order valence-corrected chi connectivity index (χ4v) is 4.60. The second-order valence-electron chi connectivity index (χ2n) is 7.21. The molecule has 5 heteroatoms. The number of benzene rings is 1. The first-order chi connectivity index (χ1) is 11.0. The Balaban J connectivity index is 0.00000169. The summed E-state index contributed by atoms with van der Waals surface area (Å²) in [6.07, 6.45) is 2.55. The molecule has 3 heterocycles. The molecule has 0 saturated carbocycles. The van der Waals surface area contributed by atoms with Gasteiger partial charge in [-0.25, -0.2) is 4.79 Å². The van der Waals surface area contributed by atoms with Gasteiger partial charge in [0.2, 0.25) is 0 Å². The van der Waals surface area contributed by atoms with Crippen molar-refractivity contribution in [3.63, 3.8) is 0 Å². The van der Waals surface area contributed by atoms with E-state index in [-0.39, 0.29) is 29.1 Å². The highest BCUT2D eigenvalue weighted by Gasteiger charge is 2.71. The van der Waals surface area contributed by atoms with Gasteiger partial charge in [0.25, 0.3) is 0 Å². The van der Waals surface area contributed by atoms with Crippen LogP contribution in [0.4, 0.5) is 0 Å². The zero-order chi connectivity index (χ0) is 16.2. The summed E-state index contributed by atoms with van der Waals surface area (Å²) < 4.78 is 12.7. The number of morpholine rings is 1. The van der Waals surface area contributed by atoms with Crippen LogP contribution in [0.1, 0.15) is 25.3 Å². The monoisotopic (exact) mass is 393 g/mol. The number of epoxide rings is 1. The topological polar surface area (TPSA) is 38.8 Å². The van der Waals surface area contributed by atoms with Crippen molar-refractivity contribution in [2.24, 2.45) is 0 Å². The summed E-state index contributed by atoms with van der Waals surface area (Å²) in [7, 11) is 2.33. The fraction of sp³-hybridized carbons (Fsp3) is 0.526. The molecular formula is C19H24BrNO3. The molecule has 0 radical (unpaired) electrons. The molecule has 1 aromatic rings. The van der Waals surface area contributed by atoms with Gasteiger partial charge < -0.3 is 30.9 Å². The third-order valence-electron chi connectivity index (χ3n) is 6.17. The van der Waals surface area contributed by atoms with Gasteiger partial charge in [0.1, 0.15) is 30.4 Å². The Hall–Kier alpha value is -1.17. The lowest BCUT2D eigenvalue weighted by atomic mass is 9.95. The summed E-state index contributed by atoms with van der Waals surface area (Å²) in [5.74, 6) is -0.289. The molecule has 1 aromatic carbocycles. The Morgan fingerprint density at radius 2 is 1.83 bits per heavy atom. The first-order valence-electron chi connectivity index (χ1n) is 8.50. The molecule has 3 aliphatic heterocycles. The third kappa shape index (κ3) is 2.63. The van der Waals surface area contributed by atoms with Gasteiger partial charge in [-0.15, -0.1) is 0 Å². The van der Waals surface area contributed by atoms with E-state index in [0.717, 1.165) is 29.4 Å². The molecule has 0 aliphatic carbocycles. The normalized spacial score (nSPS) is 38.7. The molecule has 0 N–H and O–H groups in total. The molecule has 6 atom stereocenters. The highest BCUT2D eigenvalue weighted by Crippen LogP contribution is 2.52. The maximum absolute atomic E-state index is 12.4. The lowest BCUT2D eigenvalue weighted by molar-refractivity contribution is -0.954. The van der Waals surface area contributed by atoms with E-state index in [1.807, 2.05) is 30.3 Å². The highest BCUT2D eigenvalue weighted by molar-refractivity contribution is 6.15. The van der Waals surface area contributed by atoms with Crippen molar-refractivity contribution in [3.8, 4) is 0 Å². The lowest BCUT2D eigenvalue weighted by Gasteiger charge is -2.47. The number of carbonyl (C=O) groups excluding carboxylic acids is 1. The van der Waals surface area contributed by atoms with E-state index >= 15 is 0 Å². The van der Waals surface area contributed by atoms with Gasteiger partial charge in [0.05, 0.1) is 19.2 Å². The zero-order valence-corrected chi connectivity index (χ0v) is 15.7. The Labute approximate surface area is 153 Å². The second-order valence-corrected chi connectivity index (χ2v) is 7.21. The summed E-state index contributed by atoms with van der Waals surface area (Å²) in [6.45, 7) is 7.27. The third-order valence-corrected chi connectivity index (χ3v) is 6.17. The number of ether oxygens (including phenoxy) is 2. The van der Waals surface area contributed by atoms with Crippen LogP contribution in [-0.4, -0.2) is 54.4 Å². The molecule has 0 spiro atoms. The van der Waals surface area contributed by atoms with Crippen LogP contribution < -0.4 is 17.0 Å². The Morgan fingerprint density at radius 1 is 1.25 bits per heavy atom. The van der Waals surface area contributed by atoms with Crippen LogP contribution >= 0.6 is 0 Å². The molecule has 2 unspecified atom stereocenters. The summed E-state index contributed by atoms with van der Waals surface area (Å²) in [5.41, 5.74) is 1.27. The number of nitrogens with zero attached hydrogens (tertiary/aromatic N) is 1. The first kappa shape index (κ1) is 17.6. The van der Waals surface area contributed by atoms with Crippen LogP contribution in [0.2, 0.25) is 0 Å². The Bertz CT molecular complexity index is 629. The second kappa shape index (κ2) is 6.28. The summed E-state index contributed by atoms with van der Waals surface area (Å²) in [5, 5.41) is 0. The number of fused-ring (bicyclic) bond motifs is 5. The number of rotatable bonds is 4. The maximum Gasteiger partial charge on any atom is 0.338 e. The van der Waals surface area contributed by atoms with Crippen LogP contribution in [0, 0.1) is 0 Å². The molecule has 0 aromatic heterocycles. The van der Waals surface area contributed by atoms with Gasteiger partial charge >= 0.3 is 5.97 Å². The molecule has 0 amide bonds. The van der Waals surface area contributed by atoms with Gasteiger partial charge in [-0.1, -0.05) is 36.9 Å². The summed E-state index contributed by atoms with van der Waals surface area (Å²) in [6, 6.07) is 10.5. The van der Waals surface area contributed by atoms with E-state index in [0.29, 0.717) is 29.9 Å². The van der Waals surface area contributed by atoms with Crippen LogP contribution in [0.5, 0.6) is 0 Å². The maximum atomic E-state index is 12.4. The smallest absolute Gasteiger partial charge is 0.338 e. The van der Waals surface area contributed by atoms with Gasteiger partial charge in [-0.2, -0.15) is 0 Å². The molecule has 3 saturated heterocycles. The van der Waals surface area contributed by atoms with Gasteiger partial charge in [-0.3, -0.25) is 0 Å². The average molecular weight is 394 g/mol. The average Bonchev–Trinajstić information content (AvgIpc) is 3.33. The minimum atomic E-state index is -0.289. The fourth-order valence-electron chi connectivity index (χ4n) is 4.60. The molecule has 4 nitrogen and oxygen atoms in total. The van der Waals surface area contributed by atoms with E-state index in [4.69, 9.17) is 9.47 Å². The molecule has 3 aliphatic rings. The Morgan fingerprint density at radius 3 is 2.38 bits per heavy atom. The van der Waals surface area contributed by atoms with Crippen molar-refractivity contribution in [2.75, 3.05) is 13.6 Å². The minimum Gasteiger partial charge on any atom is -1.00 e. The minimum absolute atomic E-state index is 0. The molecule has 130 valence electrons. The van der Waals surface area contributed by atoms with Crippen molar-refractivity contribution in [2.45, 2.75) is 50.2 Å². The molecule has 3 fully saturated rings. The number of piperidine rings is 1. The number of quaternary nitrogens is 1. The van der Waals surface area contributed by atoms with Crippen LogP contribution in [0.15, 0.2) is 36.9 Å². The zero-order valence-electron chi connectivity index (χ0n) is 14.2. The summed E-state index contributed by atoms with van der Waals surface area (Å²) in [4.78, 5) is 12.4. The number of carbonyl (C=O) groups is 1. The first-order valence-corrected chi connectivity index (χ1v) is 8.50. The van der Waals surface area contributed by atoms with Crippen molar-refractivity contribution in [3.05, 3.63) is 42.5 Å². The number of halogens is 1. The number of hydrogen-bond acceptors (Lipinski definition) is 3. The quantitative estimate of drug-likeness (QED) is 0.296. The van der Waals surface area contributed by atoms with Crippen LogP contribution in [0.3, 0.4) is 0 Å². The predicted molar refractivity (Wildman–Crippen MR) is 87.6 cm³/mol. The molecule has 2 bridgehead atoms. The molecule has 4 rings (SSSR count). The lowest BCUT2D eigenvalue weighted by Crippen LogP contribution is -3.00. The standard InChI is InChI=1S/C19H24NO3.BrH/c1-4-20(3)15-10-14(11-16(20)18-17(15)23-18)22-19(21)12(2)13-8-6-5-7-9-13;/h5-9,14-18H,2,4,10-11H2,1,3H3;1H/q+1;/p-1/t14?,15-,16+,17-,18+,20?;. The van der Waals surface area contributed by atoms with Crippen molar-refractivity contribution >= 4 is 11.5 Å². The van der Waals surface area contributed by atoms with Crippen molar-refractivity contribution < 1.29 is 35.7 Å². The molecule has 24 heavy (non-hydrogen) atoms. The van der Waals surface area contributed by atoms with E-state index in [9.17, 15) is 4.79 Å². The number of likely N-dealkylation sites (N-methyl/N-ethyl adjacent to an activating group) is 1. The van der Waals surface area contributed by atoms with E-state index < -0.39 is 0 Å².